The van der Waals surface area contributed by atoms with Gasteiger partial charge in [0.25, 0.3) is 0 Å². The molecule has 8 heteroatoms. The van der Waals surface area contributed by atoms with Gasteiger partial charge in [0.2, 0.25) is 17.7 Å². The van der Waals surface area contributed by atoms with E-state index in [1.807, 2.05) is 51.1 Å². The van der Waals surface area contributed by atoms with Gasteiger partial charge in [0, 0.05) is 12.2 Å². The maximum absolute atomic E-state index is 14.1. The zero-order chi connectivity index (χ0) is 25.4. The SMILES string of the molecule is CCCCNC(=O)C1N([C@@H](CO)C(C)C)C(=O)[C@@H]2[C@@H](C(=O)Nc3ccccc3)[C@@]3(CC)CCC12O3. The number of aliphatic hydroxyl groups excluding tert-OH is 1. The van der Waals surface area contributed by atoms with Crippen molar-refractivity contribution in [2.45, 2.75) is 83.1 Å². The molecule has 3 N–H and O–H groups in total. The number of aliphatic hydroxyl groups is 1. The van der Waals surface area contributed by atoms with Crippen LogP contribution < -0.4 is 10.6 Å². The van der Waals surface area contributed by atoms with Gasteiger partial charge in [0.05, 0.1) is 30.1 Å². The molecule has 35 heavy (non-hydrogen) atoms. The Labute approximate surface area is 207 Å². The number of hydrogen-bond acceptors (Lipinski definition) is 5. The van der Waals surface area contributed by atoms with Crippen molar-refractivity contribution in [2.24, 2.45) is 17.8 Å². The van der Waals surface area contributed by atoms with Gasteiger partial charge in [-0.1, -0.05) is 52.3 Å². The third-order valence-electron chi connectivity index (χ3n) is 8.33. The summed E-state index contributed by atoms with van der Waals surface area (Å²) < 4.78 is 6.74. The quantitative estimate of drug-likeness (QED) is 0.442. The van der Waals surface area contributed by atoms with Crippen molar-refractivity contribution >= 4 is 23.4 Å². The van der Waals surface area contributed by atoms with Crippen molar-refractivity contribution in [3.05, 3.63) is 30.3 Å². The number of rotatable bonds is 10. The Kier molecular flexibility index (Phi) is 7.25. The number of benzene rings is 1. The molecule has 3 aliphatic rings. The molecule has 3 fully saturated rings. The Morgan fingerprint density at radius 2 is 1.89 bits per heavy atom. The number of ether oxygens (including phenoxy) is 1. The van der Waals surface area contributed by atoms with Crippen LogP contribution in [0.2, 0.25) is 0 Å². The van der Waals surface area contributed by atoms with Crippen LogP contribution in [0, 0.1) is 17.8 Å². The summed E-state index contributed by atoms with van der Waals surface area (Å²) in [5.41, 5.74) is -1.21. The van der Waals surface area contributed by atoms with E-state index >= 15 is 0 Å². The maximum Gasteiger partial charge on any atom is 0.245 e. The Hall–Kier alpha value is -2.45. The highest BCUT2D eigenvalue weighted by Crippen LogP contribution is 2.64. The normalized spacial score (nSPS) is 32.1. The molecular formula is C27H39N3O5. The molecule has 2 bridgehead atoms. The molecule has 3 amide bonds. The van der Waals surface area contributed by atoms with Gasteiger partial charge in [-0.3, -0.25) is 14.4 Å². The summed E-state index contributed by atoms with van der Waals surface area (Å²) in [6.45, 7) is 8.14. The van der Waals surface area contributed by atoms with Crippen LogP contribution >= 0.6 is 0 Å². The lowest BCUT2D eigenvalue weighted by atomic mass is 9.65. The molecule has 4 rings (SSSR count). The van der Waals surface area contributed by atoms with Crippen LogP contribution in [0.25, 0.3) is 0 Å². The first-order chi connectivity index (χ1) is 16.8. The Morgan fingerprint density at radius 3 is 2.49 bits per heavy atom. The van der Waals surface area contributed by atoms with Gasteiger partial charge < -0.3 is 25.4 Å². The van der Waals surface area contributed by atoms with Gasteiger partial charge in [-0.15, -0.1) is 0 Å². The zero-order valence-corrected chi connectivity index (χ0v) is 21.3. The van der Waals surface area contributed by atoms with E-state index in [-0.39, 0.29) is 30.2 Å². The third kappa shape index (κ3) is 4.04. The number of hydrogen-bond donors (Lipinski definition) is 3. The molecule has 1 aromatic rings. The highest BCUT2D eigenvalue weighted by atomic mass is 16.5. The Bertz CT molecular complexity index is 953. The van der Waals surface area contributed by atoms with E-state index in [0.29, 0.717) is 31.5 Å². The molecule has 0 aromatic heterocycles. The topological polar surface area (TPSA) is 108 Å². The number of unbranched alkanes of at least 4 members (excludes halogenated alkanes) is 1. The van der Waals surface area contributed by atoms with E-state index in [2.05, 4.69) is 17.6 Å². The summed E-state index contributed by atoms with van der Waals surface area (Å²) in [5, 5.41) is 16.2. The summed E-state index contributed by atoms with van der Waals surface area (Å²) in [4.78, 5) is 43.0. The summed E-state index contributed by atoms with van der Waals surface area (Å²) in [6.07, 6.45) is 3.48. The van der Waals surface area contributed by atoms with Crippen LogP contribution in [-0.4, -0.2) is 64.2 Å². The summed E-state index contributed by atoms with van der Waals surface area (Å²) >= 11 is 0. The van der Waals surface area contributed by atoms with Crippen LogP contribution in [-0.2, 0) is 19.1 Å². The number of nitrogens with one attached hydrogen (secondary N) is 2. The van der Waals surface area contributed by atoms with Gasteiger partial charge in [0.1, 0.15) is 11.6 Å². The second-order valence-corrected chi connectivity index (χ2v) is 10.6. The van der Waals surface area contributed by atoms with E-state index in [0.717, 1.165) is 12.8 Å². The number of carbonyl (C=O) groups excluding carboxylic acids is 3. The molecule has 2 unspecified atom stereocenters. The monoisotopic (exact) mass is 485 g/mol. The number of likely N-dealkylation sites (tertiary alicyclic amines) is 1. The zero-order valence-electron chi connectivity index (χ0n) is 21.3. The minimum Gasteiger partial charge on any atom is -0.394 e. The first-order valence-electron chi connectivity index (χ1n) is 13.0. The highest BCUT2D eigenvalue weighted by molar-refractivity contribution is 6.02. The van der Waals surface area contributed by atoms with Crippen LogP contribution in [0.5, 0.6) is 0 Å². The van der Waals surface area contributed by atoms with Crippen molar-refractivity contribution < 1.29 is 24.2 Å². The molecule has 192 valence electrons. The fourth-order valence-electron chi connectivity index (χ4n) is 6.56. The minimum absolute atomic E-state index is 0.0703. The molecule has 1 spiro atoms. The van der Waals surface area contributed by atoms with Gasteiger partial charge in [-0.05, 0) is 43.7 Å². The molecular weight excluding hydrogens is 446 g/mol. The molecule has 6 atom stereocenters. The van der Waals surface area contributed by atoms with Crippen LogP contribution in [0.3, 0.4) is 0 Å². The highest BCUT2D eigenvalue weighted by Gasteiger charge is 2.79. The van der Waals surface area contributed by atoms with Crippen molar-refractivity contribution in [3.8, 4) is 0 Å². The van der Waals surface area contributed by atoms with Crippen LogP contribution in [0.15, 0.2) is 30.3 Å². The summed E-state index contributed by atoms with van der Waals surface area (Å²) in [7, 11) is 0. The minimum atomic E-state index is -1.08. The standard InChI is InChI=1S/C27H39N3O5/c1-5-7-15-28-24(33)22-27-14-13-26(6-2,35-27)20(23(32)29-18-11-9-8-10-12-18)21(27)25(34)30(22)19(16-31)17(3)4/h8-12,17,19-22,31H,5-7,13-16H2,1-4H3,(H,28,33)(H,29,32)/t19-,20-,21-,22?,26+,27?/m0/s1. The van der Waals surface area contributed by atoms with Crippen molar-refractivity contribution in [1.29, 1.82) is 0 Å². The largest absolute Gasteiger partial charge is 0.394 e. The summed E-state index contributed by atoms with van der Waals surface area (Å²) in [5.74, 6) is -2.33. The molecule has 3 saturated heterocycles. The Balaban J connectivity index is 1.75. The number of nitrogens with zero attached hydrogens (tertiary/aromatic N) is 1. The first-order valence-corrected chi connectivity index (χ1v) is 13.0. The van der Waals surface area contributed by atoms with Gasteiger partial charge in [0.15, 0.2) is 0 Å². The molecule has 0 saturated carbocycles. The predicted molar refractivity (Wildman–Crippen MR) is 132 cm³/mol. The molecule has 0 aliphatic carbocycles. The Morgan fingerprint density at radius 1 is 1.17 bits per heavy atom. The lowest BCUT2D eigenvalue weighted by molar-refractivity contribution is -0.151. The third-order valence-corrected chi connectivity index (χ3v) is 8.33. The van der Waals surface area contributed by atoms with Crippen molar-refractivity contribution in [1.82, 2.24) is 10.2 Å². The van der Waals surface area contributed by atoms with Gasteiger partial charge in [-0.2, -0.15) is 0 Å². The predicted octanol–water partition coefficient (Wildman–Crippen LogP) is 2.71. The molecule has 3 aliphatic heterocycles. The van der Waals surface area contributed by atoms with E-state index in [1.165, 1.54) is 0 Å². The fraction of sp³-hybridized carbons (Fsp3) is 0.667. The smallest absolute Gasteiger partial charge is 0.245 e. The van der Waals surface area contributed by atoms with E-state index in [1.54, 1.807) is 4.90 Å². The van der Waals surface area contributed by atoms with Gasteiger partial charge in [-0.25, -0.2) is 0 Å². The van der Waals surface area contributed by atoms with Crippen LogP contribution in [0.1, 0.15) is 59.8 Å². The lowest BCUT2D eigenvalue weighted by Crippen LogP contribution is -2.59. The van der Waals surface area contributed by atoms with Gasteiger partial charge >= 0.3 is 0 Å². The second kappa shape index (κ2) is 9.90. The lowest BCUT2D eigenvalue weighted by Gasteiger charge is -2.38. The van der Waals surface area contributed by atoms with E-state index in [9.17, 15) is 19.5 Å². The molecule has 8 nitrogen and oxygen atoms in total. The first kappa shape index (κ1) is 25.6. The van der Waals surface area contributed by atoms with E-state index in [4.69, 9.17) is 4.74 Å². The molecule has 1 aromatic carbocycles. The molecule has 3 heterocycles. The maximum atomic E-state index is 14.1. The van der Waals surface area contributed by atoms with Crippen molar-refractivity contribution in [3.63, 3.8) is 0 Å². The number of amides is 3. The fourth-order valence-corrected chi connectivity index (χ4v) is 6.56. The second-order valence-electron chi connectivity index (χ2n) is 10.6. The number of anilines is 1. The van der Waals surface area contributed by atoms with Crippen molar-refractivity contribution in [2.75, 3.05) is 18.5 Å². The number of carbonyl (C=O) groups is 3. The van der Waals surface area contributed by atoms with Crippen LogP contribution in [0.4, 0.5) is 5.69 Å². The number of para-hydroxylation sites is 1. The van der Waals surface area contributed by atoms with E-state index < -0.39 is 35.1 Å². The average molecular weight is 486 g/mol. The number of fused-ring (bicyclic) bond motifs is 1. The summed E-state index contributed by atoms with van der Waals surface area (Å²) in [6, 6.07) is 7.78. The molecule has 0 radical (unpaired) electrons. The average Bonchev–Trinajstić information content (AvgIpc) is 3.44.